The first kappa shape index (κ1) is 14.5. The van der Waals surface area contributed by atoms with Crippen LogP contribution >= 0.6 is 0 Å². The molecule has 20 heavy (non-hydrogen) atoms. The fraction of sp³-hybridized carbons (Fsp3) is 0.250. The average molecular weight is 277 g/mol. The van der Waals surface area contributed by atoms with Gasteiger partial charge in [0.15, 0.2) is 17.4 Å². The van der Waals surface area contributed by atoms with Crippen molar-refractivity contribution in [1.82, 2.24) is 0 Å². The van der Waals surface area contributed by atoms with Crippen molar-refractivity contribution in [3.8, 4) is 5.75 Å². The Hall–Kier alpha value is -1.94. The summed E-state index contributed by atoms with van der Waals surface area (Å²) >= 11 is 0. The van der Waals surface area contributed by atoms with Crippen molar-refractivity contribution in [3.05, 3.63) is 64.2 Å². The standard InChI is InChI=1S/C16H17F2NO/c1-10-3-11(2)5-13(4-10)9-20-16-14(17)6-12(8-19)7-15(16)18/h3-7H,8-9,19H2,1-2H3. The van der Waals surface area contributed by atoms with Crippen molar-refractivity contribution in [2.24, 2.45) is 5.73 Å². The third-order valence-corrected chi connectivity index (χ3v) is 2.96. The molecule has 0 aliphatic heterocycles. The Morgan fingerprint density at radius 3 is 1.95 bits per heavy atom. The van der Waals surface area contributed by atoms with E-state index < -0.39 is 11.6 Å². The van der Waals surface area contributed by atoms with Gasteiger partial charge in [0, 0.05) is 6.54 Å². The number of rotatable bonds is 4. The maximum atomic E-state index is 13.7. The van der Waals surface area contributed by atoms with Crippen molar-refractivity contribution in [2.75, 3.05) is 0 Å². The Morgan fingerprint density at radius 2 is 1.45 bits per heavy atom. The molecule has 0 amide bonds. The minimum atomic E-state index is -0.727. The average Bonchev–Trinajstić information content (AvgIpc) is 2.36. The third kappa shape index (κ3) is 3.33. The van der Waals surface area contributed by atoms with E-state index in [0.29, 0.717) is 5.56 Å². The van der Waals surface area contributed by atoms with E-state index in [4.69, 9.17) is 10.5 Å². The monoisotopic (exact) mass is 277 g/mol. The van der Waals surface area contributed by atoms with Gasteiger partial charge in [-0.2, -0.15) is 0 Å². The molecule has 0 unspecified atom stereocenters. The molecule has 0 spiro atoms. The smallest absolute Gasteiger partial charge is 0.191 e. The topological polar surface area (TPSA) is 35.2 Å². The normalized spacial score (nSPS) is 10.7. The predicted molar refractivity (Wildman–Crippen MR) is 74.5 cm³/mol. The summed E-state index contributed by atoms with van der Waals surface area (Å²) in [5.74, 6) is -1.81. The van der Waals surface area contributed by atoms with Crippen LogP contribution in [0.5, 0.6) is 5.75 Å². The molecule has 106 valence electrons. The largest absolute Gasteiger partial charge is 0.483 e. The zero-order chi connectivity index (χ0) is 14.7. The molecule has 0 aliphatic carbocycles. The van der Waals surface area contributed by atoms with E-state index in [1.807, 2.05) is 32.0 Å². The van der Waals surface area contributed by atoms with Crippen molar-refractivity contribution in [3.63, 3.8) is 0 Å². The van der Waals surface area contributed by atoms with Gasteiger partial charge in [0.2, 0.25) is 0 Å². The lowest BCUT2D eigenvalue weighted by Crippen LogP contribution is -2.03. The maximum Gasteiger partial charge on any atom is 0.191 e. The van der Waals surface area contributed by atoms with Gasteiger partial charge in [-0.05, 0) is 37.1 Å². The molecule has 2 nitrogen and oxygen atoms in total. The van der Waals surface area contributed by atoms with Crippen LogP contribution in [0.3, 0.4) is 0 Å². The molecule has 0 aromatic heterocycles. The first-order chi connectivity index (χ1) is 9.49. The minimum absolute atomic E-state index is 0.0885. The second-order valence-electron chi connectivity index (χ2n) is 4.88. The van der Waals surface area contributed by atoms with Crippen LogP contribution in [0, 0.1) is 25.5 Å². The Labute approximate surface area is 117 Å². The number of halogens is 2. The molecule has 2 aromatic carbocycles. The lowest BCUT2D eigenvalue weighted by atomic mass is 10.1. The Kier molecular flexibility index (Phi) is 4.35. The van der Waals surface area contributed by atoms with Crippen LogP contribution in [0.25, 0.3) is 0 Å². The summed E-state index contributed by atoms with van der Waals surface area (Å²) in [6, 6.07) is 8.27. The van der Waals surface area contributed by atoms with Gasteiger partial charge in [-0.1, -0.05) is 29.3 Å². The molecule has 2 aromatic rings. The lowest BCUT2D eigenvalue weighted by molar-refractivity contribution is 0.273. The van der Waals surface area contributed by atoms with Crippen LogP contribution in [0.2, 0.25) is 0 Å². The summed E-state index contributed by atoms with van der Waals surface area (Å²) < 4.78 is 32.7. The number of nitrogens with two attached hydrogens (primary N) is 1. The van der Waals surface area contributed by atoms with Crippen molar-refractivity contribution in [1.29, 1.82) is 0 Å². The minimum Gasteiger partial charge on any atom is -0.483 e. The van der Waals surface area contributed by atoms with E-state index in [1.54, 1.807) is 0 Å². The van der Waals surface area contributed by atoms with E-state index in [-0.39, 0.29) is 18.9 Å². The Bertz CT molecular complexity index is 583. The van der Waals surface area contributed by atoms with Crippen LogP contribution < -0.4 is 10.5 Å². The second-order valence-corrected chi connectivity index (χ2v) is 4.88. The summed E-state index contributed by atoms with van der Waals surface area (Å²) in [6.45, 7) is 4.14. The Morgan fingerprint density at radius 1 is 0.900 bits per heavy atom. The summed E-state index contributed by atoms with van der Waals surface area (Å²) in [5.41, 5.74) is 8.81. The first-order valence-corrected chi connectivity index (χ1v) is 6.37. The quantitative estimate of drug-likeness (QED) is 0.926. The summed E-state index contributed by atoms with van der Waals surface area (Å²) in [5, 5.41) is 0. The van der Waals surface area contributed by atoms with Crippen molar-refractivity contribution < 1.29 is 13.5 Å². The van der Waals surface area contributed by atoms with Gasteiger partial charge in [0.25, 0.3) is 0 Å². The van der Waals surface area contributed by atoms with E-state index in [1.165, 1.54) is 12.1 Å². The predicted octanol–water partition coefficient (Wildman–Crippen LogP) is 3.62. The van der Waals surface area contributed by atoms with Crippen LogP contribution in [-0.2, 0) is 13.2 Å². The molecule has 2 N–H and O–H groups in total. The maximum absolute atomic E-state index is 13.7. The SMILES string of the molecule is Cc1cc(C)cc(COc2c(F)cc(CN)cc2F)c1. The van der Waals surface area contributed by atoms with Gasteiger partial charge in [-0.15, -0.1) is 0 Å². The van der Waals surface area contributed by atoms with Gasteiger partial charge >= 0.3 is 0 Å². The number of benzene rings is 2. The highest BCUT2D eigenvalue weighted by molar-refractivity contribution is 5.32. The molecular weight excluding hydrogens is 260 g/mol. The van der Waals surface area contributed by atoms with E-state index in [9.17, 15) is 8.78 Å². The zero-order valence-corrected chi connectivity index (χ0v) is 11.5. The number of aryl methyl sites for hydroxylation is 2. The fourth-order valence-electron chi connectivity index (χ4n) is 2.18. The molecule has 0 heterocycles. The van der Waals surface area contributed by atoms with Gasteiger partial charge in [0.1, 0.15) is 6.61 Å². The molecule has 0 aliphatic rings. The zero-order valence-electron chi connectivity index (χ0n) is 11.5. The molecule has 2 rings (SSSR count). The number of hydrogen-bond donors (Lipinski definition) is 1. The first-order valence-electron chi connectivity index (χ1n) is 6.37. The fourth-order valence-corrected chi connectivity index (χ4v) is 2.18. The summed E-state index contributed by atoms with van der Waals surface area (Å²) in [6.07, 6.45) is 0. The molecular formula is C16H17F2NO. The molecule has 0 atom stereocenters. The van der Waals surface area contributed by atoms with Crippen LogP contribution in [-0.4, -0.2) is 0 Å². The highest BCUT2D eigenvalue weighted by Crippen LogP contribution is 2.24. The van der Waals surface area contributed by atoms with Gasteiger partial charge in [-0.25, -0.2) is 8.78 Å². The summed E-state index contributed by atoms with van der Waals surface area (Å²) in [4.78, 5) is 0. The summed E-state index contributed by atoms with van der Waals surface area (Å²) in [7, 11) is 0. The van der Waals surface area contributed by atoms with Gasteiger partial charge < -0.3 is 10.5 Å². The van der Waals surface area contributed by atoms with Crippen LogP contribution in [0.4, 0.5) is 8.78 Å². The molecule has 4 heteroatoms. The molecule has 0 fully saturated rings. The van der Waals surface area contributed by atoms with E-state index in [2.05, 4.69) is 0 Å². The van der Waals surface area contributed by atoms with Crippen LogP contribution in [0.1, 0.15) is 22.3 Å². The van der Waals surface area contributed by atoms with Crippen molar-refractivity contribution >= 4 is 0 Å². The van der Waals surface area contributed by atoms with E-state index >= 15 is 0 Å². The van der Waals surface area contributed by atoms with Crippen LogP contribution in [0.15, 0.2) is 30.3 Å². The molecule has 0 saturated carbocycles. The molecule has 0 radical (unpaired) electrons. The molecule has 0 bridgehead atoms. The van der Waals surface area contributed by atoms with E-state index in [0.717, 1.165) is 16.7 Å². The highest BCUT2D eigenvalue weighted by Gasteiger charge is 2.12. The van der Waals surface area contributed by atoms with Crippen molar-refractivity contribution in [2.45, 2.75) is 27.0 Å². The lowest BCUT2D eigenvalue weighted by Gasteiger charge is -2.11. The van der Waals surface area contributed by atoms with Gasteiger partial charge in [-0.3, -0.25) is 0 Å². The Balaban J connectivity index is 2.18. The third-order valence-electron chi connectivity index (χ3n) is 2.96. The van der Waals surface area contributed by atoms with Gasteiger partial charge in [0.05, 0.1) is 0 Å². The number of hydrogen-bond acceptors (Lipinski definition) is 2. The second kappa shape index (κ2) is 6.01. The highest BCUT2D eigenvalue weighted by atomic mass is 19.1. The number of ether oxygens (including phenoxy) is 1. The molecule has 0 saturated heterocycles.